The van der Waals surface area contributed by atoms with Crippen LogP contribution in [0.25, 0.3) is 0 Å². The van der Waals surface area contributed by atoms with Crippen LogP contribution in [0, 0.1) is 0 Å². The molecule has 3 nitrogen and oxygen atoms in total. The third-order valence-corrected chi connectivity index (χ3v) is 2.06. The standard InChI is InChI=1S/C10H14F2N2O/c1-7(15)8-3-4-10(13-5-8)14(2)6-9(11)12/h3-5,7,9,15H,6H2,1-2H3/t7-/m1/s1. The highest BCUT2D eigenvalue weighted by Gasteiger charge is 2.09. The Bertz CT molecular complexity index is 301. The number of alkyl halides is 2. The number of nitrogens with zero attached hydrogens (tertiary/aromatic N) is 2. The molecule has 0 saturated carbocycles. The maximum Gasteiger partial charge on any atom is 0.255 e. The summed E-state index contributed by atoms with van der Waals surface area (Å²) in [4.78, 5) is 5.36. The van der Waals surface area contributed by atoms with Gasteiger partial charge in [0.15, 0.2) is 0 Å². The van der Waals surface area contributed by atoms with E-state index in [-0.39, 0.29) is 6.54 Å². The molecule has 0 aliphatic carbocycles. The van der Waals surface area contributed by atoms with Crippen molar-refractivity contribution in [3.05, 3.63) is 23.9 Å². The van der Waals surface area contributed by atoms with Gasteiger partial charge in [0.1, 0.15) is 5.82 Å². The van der Waals surface area contributed by atoms with Crippen molar-refractivity contribution in [1.82, 2.24) is 4.98 Å². The van der Waals surface area contributed by atoms with E-state index in [0.29, 0.717) is 11.4 Å². The molecule has 1 aromatic rings. The van der Waals surface area contributed by atoms with Crippen LogP contribution >= 0.6 is 0 Å². The molecular formula is C10H14F2N2O. The Balaban J connectivity index is 2.71. The van der Waals surface area contributed by atoms with Crippen molar-refractivity contribution in [3.8, 4) is 0 Å². The van der Waals surface area contributed by atoms with Crippen molar-refractivity contribution in [2.75, 3.05) is 18.5 Å². The Morgan fingerprint density at radius 2 is 2.13 bits per heavy atom. The number of halogens is 2. The summed E-state index contributed by atoms with van der Waals surface area (Å²) in [7, 11) is 1.55. The molecule has 0 saturated heterocycles. The van der Waals surface area contributed by atoms with E-state index in [4.69, 9.17) is 0 Å². The fraction of sp³-hybridized carbons (Fsp3) is 0.500. The van der Waals surface area contributed by atoms with E-state index in [0.717, 1.165) is 0 Å². The van der Waals surface area contributed by atoms with Gasteiger partial charge in [-0.1, -0.05) is 6.07 Å². The lowest BCUT2D eigenvalue weighted by Crippen LogP contribution is -2.24. The summed E-state index contributed by atoms with van der Waals surface area (Å²) >= 11 is 0. The van der Waals surface area contributed by atoms with Crippen LogP contribution in [-0.2, 0) is 0 Å². The second kappa shape index (κ2) is 5.02. The number of aliphatic hydroxyl groups is 1. The normalized spacial score (nSPS) is 12.9. The van der Waals surface area contributed by atoms with Crippen molar-refractivity contribution in [2.24, 2.45) is 0 Å². The third kappa shape index (κ3) is 3.43. The van der Waals surface area contributed by atoms with E-state index < -0.39 is 12.5 Å². The highest BCUT2D eigenvalue weighted by molar-refractivity contribution is 5.38. The van der Waals surface area contributed by atoms with Gasteiger partial charge in [0.2, 0.25) is 0 Å². The highest BCUT2D eigenvalue weighted by Crippen LogP contribution is 2.15. The minimum Gasteiger partial charge on any atom is -0.389 e. The van der Waals surface area contributed by atoms with Crippen LogP contribution in [-0.4, -0.2) is 30.1 Å². The zero-order valence-corrected chi connectivity index (χ0v) is 8.69. The number of aromatic nitrogens is 1. The predicted octanol–water partition coefficient (Wildman–Crippen LogP) is 1.84. The average Bonchev–Trinajstić information content (AvgIpc) is 2.17. The SMILES string of the molecule is C[C@@H](O)c1ccc(N(C)CC(F)F)nc1. The topological polar surface area (TPSA) is 36.4 Å². The fourth-order valence-electron chi connectivity index (χ4n) is 1.17. The van der Waals surface area contributed by atoms with Gasteiger partial charge >= 0.3 is 0 Å². The smallest absolute Gasteiger partial charge is 0.255 e. The summed E-state index contributed by atoms with van der Waals surface area (Å²) in [6.07, 6.45) is -1.48. The molecule has 0 fully saturated rings. The van der Waals surface area contributed by atoms with Gasteiger partial charge in [0.05, 0.1) is 12.6 Å². The lowest BCUT2D eigenvalue weighted by atomic mass is 10.2. The van der Waals surface area contributed by atoms with Crippen LogP contribution in [0.15, 0.2) is 18.3 Å². The number of pyridine rings is 1. The van der Waals surface area contributed by atoms with Gasteiger partial charge in [0.25, 0.3) is 6.43 Å². The number of anilines is 1. The molecule has 0 amide bonds. The van der Waals surface area contributed by atoms with E-state index in [1.807, 2.05) is 0 Å². The van der Waals surface area contributed by atoms with Gasteiger partial charge in [-0.05, 0) is 18.6 Å². The van der Waals surface area contributed by atoms with Gasteiger partial charge in [-0.3, -0.25) is 0 Å². The van der Waals surface area contributed by atoms with Gasteiger partial charge in [-0.25, -0.2) is 13.8 Å². The lowest BCUT2D eigenvalue weighted by Gasteiger charge is -2.17. The summed E-state index contributed by atoms with van der Waals surface area (Å²) in [6, 6.07) is 3.29. The van der Waals surface area contributed by atoms with Gasteiger partial charge in [-0.2, -0.15) is 0 Å². The van der Waals surface area contributed by atoms with Gasteiger partial charge in [0, 0.05) is 13.2 Å². The van der Waals surface area contributed by atoms with E-state index in [9.17, 15) is 13.9 Å². The Hall–Kier alpha value is -1.23. The first-order valence-electron chi connectivity index (χ1n) is 4.64. The molecule has 0 unspecified atom stereocenters. The molecule has 5 heteroatoms. The van der Waals surface area contributed by atoms with Crippen molar-refractivity contribution >= 4 is 5.82 Å². The summed E-state index contributed by atoms with van der Waals surface area (Å²) < 4.78 is 24.1. The Morgan fingerprint density at radius 3 is 2.53 bits per heavy atom. The Morgan fingerprint density at radius 1 is 1.47 bits per heavy atom. The predicted molar refractivity (Wildman–Crippen MR) is 54.1 cm³/mol. The molecular weight excluding hydrogens is 202 g/mol. The summed E-state index contributed by atoms with van der Waals surface area (Å²) in [6.45, 7) is 1.28. The molecule has 0 aliphatic heterocycles. The lowest BCUT2D eigenvalue weighted by molar-refractivity contribution is 0.156. The number of hydrogen-bond donors (Lipinski definition) is 1. The van der Waals surface area contributed by atoms with E-state index in [1.54, 1.807) is 26.1 Å². The van der Waals surface area contributed by atoms with Crippen LogP contribution in [0.5, 0.6) is 0 Å². The molecule has 1 rings (SSSR count). The molecule has 0 radical (unpaired) electrons. The highest BCUT2D eigenvalue weighted by atomic mass is 19.3. The molecule has 15 heavy (non-hydrogen) atoms. The zero-order valence-electron chi connectivity index (χ0n) is 8.69. The molecule has 0 aliphatic rings. The molecule has 0 spiro atoms. The largest absolute Gasteiger partial charge is 0.389 e. The molecule has 0 bridgehead atoms. The van der Waals surface area contributed by atoms with E-state index in [2.05, 4.69) is 4.98 Å². The second-order valence-electron chi connectivity index (χ2n) is 3.40. The quantitative estimate of drug-likeness (QED) is 0.834. The maximum atomic E-state index is 12.1. The Labute approximate surface area is 87.4 Å². The van der Waals surface area contributed by atoms with Crippen molar-refractivity contribution < 1.29 is 13.9 Å². The first-order chi connectivity index (χ1) is 7.00. The Kier molecular flexibility index (Phi) is 3.96. The van der Waals surface area contributed by atoms with Crippen molar-refractivity contribution in [3.63, 3.8) is 0 Å². The average molecular weight is 216 g/mol. The number of hydrogen-bond acceptors (Lipinski definition) is 3. The molecule has 1 N–H and O–H groups in total. The minimum atomic E-state index is -2.38. The number of rotatable bonds is 4. The van der Waals surface area contributed by atoms with Gasteiger partial charge in [-0.15, -0.1) is 0 Å². The van der Waals surface area contributed by atoms with Crippen LogP contribution in [0.2, 0.25) is 0 Å². The van der Waals surface area contributed by atoms with Crippen LogP contribution in [0.1, 0.15) is 18.6 Å². The molecule has 84 valence electrons. The van der Waals surface area contributed by atoms with E-state index >= 15 is 0 Å². The first kappa shape index (κ1) is 11.8. The third-order valence-electron chi connectivity index (χ3n) is 2.06. The number of aliphatic hydroxyl groups excluding tert-OH is 1. The van der Waals surface area contributed by atoms with Crippen molar-refractivity contribution in [2.45, 2.75) is 19.5 Å². The van der Waals surface area contributed by atoms with E-state index in [1.165, 1.54) is 11.1 Å². The van der Waals surface area contributed by atoms with Crippen LogP contribution in [0.3, 0.4) is 0 Å². The molecule has 1 heterocycles. The molecule has 1 aromatic heterocycles. The zero-order chi connectivity index (χ0) is 11.4. The summed E-state index contributed by atoms with van der Waals surface area (Å²) in [5.74, 6) is 0.472. The second-order valence-corrected chi connectivity index (χ2v) is 3.40. The molecule has 1 atom stereocenters. The fourth-order valence-corrected chi connectivity index (χ4v) is 1.17. The monoisotopic (exact) mass is 216 g/mol. The van der Waals surface area contributed by atoms with Gasteiger partial charge < -0.3 is 10.0 Å². The molecule has 0 aromatic carbocycles. The van der Waals surface area contributed by atoms with Crippen LogP contribution in [0.4, 0.5) is 14.6 Å². The minimum absolute atomic E-state index is 0.346. The van der Waals surface area contributed by atoms with Crippen molar-refractivity contribution in [1.29, 1.82) is 0 Å². The summed E-state index contributed by atoms with van der Waals surface area (Å²) in [5.41, 5.74) is 0.671. The first-order valence-corrected chi connectivity index (χ1v) is 4.64. The maximum absolute atomic E-state index is 12.1. The van der Waals surface area contributed by atoms with Crippen LogP contribution < -0.4 is 4.90 Å². The summed E-state index contributed by atoms with van der Waals surface area (Å²) in [5, 5.41) is 9.23.